The summed E-state index contributed by atoms with van der Waals surface area (Å²) in [7, 11) is 0. The number of furan rings is 1. The Morgan fingerprint density at radius 2 is 2.25 bits per heavy atom. The minimum absolute atomic E-state index is 0.0932. The van der Waals surface area contributed by atoms with Gasteiger partial charge in [-0.25, -0.2) is 0 Å². The van der Waals surface area contributed by atoms with Gasteiger partial charge < -0.3 is 10.2 Å². The summed E-state index contributed by atoms with van der Waals surface area (Å²) in [5.41, 5.74) is 7.71. The molecule has 3 rings (SSSR count). The van der Waals surface area contributed by atoms with E-state index >= 15 is 0 Å². The zero-order valence-corrected chi connectivity index (χ0v) is 10.1. The van der Waals surface area contributed by atoms with Crippen molar-refractivity contribution in [2.45, 2.75) is 32.2 Å². The van der Waals surface area contributed by atoms with Gasteiger partial charge in [0.1, 0.15) is 11.5 Å². The maximum absolute atomic E-state index is 6.21. The molecule has 0 radical (unpaired) electrons. The van der Waals surface area contributed by atoms with Crippen LogP contribution in [0.5, 0.6) is 0 Å². The molecule has 0 saturated carbocycles. The van der Waals surface area contributed by atoms with E-state index in [0.717, 1.165) is 11.5 Å². The summed E-state index contributed by atoms with van der Waals surface area (Å²) in [5, 5.41) is 0. The molecule has 0 aromatic carbocycles. The Morgan fingerprint density at radius 1 is 1.38 bits per heavy atom. The van der Waals surface area contributed by atoms with E-state index in [9.17, 15) is 0 Å². The zero-order chi connectivity index (χ0) is 11.1. The number of hydrogen-bond acceptors (Lipinski definition) is 3. The first-order valence-corrected chi connectivity index (χ1v) is 6.49. The molecule has 0 spiro atoms. The Kier molecular flexibility index (Phi) is 2.37. The Labute approximate surface area is 99.1 Å². The number of nitrogens with two attached hydrogens (primary N) is 1. The van der Waals surface area contributed by atoms with E-state index in [0.29, 0.717) is 0 Å². The molecule has 1 aliphatic carbocycles. The molecule has 16 heavy (non-hydrogen) atoms. The van der Waals surface area contributed by atoms with Crippen molar-refractivity contribution in [1.29, 1.82) is 0 Å². The van der Waals surface area contributed by atoms with Crippen molar-refractivity contribution in [3.05, 3.63) is 45.0 Å². The number of thiophene rings is 1. The summed E-state index contributed by atoms with van der Waals surface area (Å²) < 4.78 is 5.58. The molecule has 0 aliphatic heterocycles. The monoisotopic (exact) mass is 233 g/mol. The maximum atomic E-state index is 6.21. The Balaban J connectivity index is 1.91. The second-order valence-electron chi connectivity index (χ2n) is 4.38. The highest BCUT2D eigenvalue weighted by molar-refractivity contribution is 7.12. The van der Waals surface area contributed by atoms with E-state index in [1.54, 1.807) is 0 Å². The Hall–Kier alpha value is -1.06. The quantitative estimate of drug-likeness (QED) is 0.865. The number of rotatable bonds is 2. The van der Waals surface area contributed by atoms with Crippen molar-refractivity contribution in [3.63, 3.8) is 0 Å². The van der Waals surface area contributed by atoms with Crippen LogP contribution in [-0.4, -0.2) is 0 Å². The van der Waals surface area contributed by atoms with Gasteiger partial charge in [0.2, 0.25) is 0 Å². The highest BCUT2D eigenvalue weighted by Crippen LogP contribution is 2.35. The van der Waals surface area contributed by atoms with E-state index < -0.39 is 0 Å². The molecule has 2 heterocycles. The van der Waals surface area contributed by atoms with Crippen LogP contribution in [0.25, 0.3) is 0 Å². The van der Waals surface area contributed by atoms with Crippen LogP contribution in [0, 0.1) is 6.92 Å². The van der Waals surface area contributed by atoms with Crippen LogP contribution in [0.1, 0.15) is 39.3 Å². The van der Waals surface area contributed by atoms with Gasteiger partial charge in [0.05, 0.1) is 6.04 Å². The molecule has 1 aliphatic rings. The first-order chi connectivity index (χ1) is 7.74. The SMILES string of the molecule is Cc1ccc(C(N)c2cc3c(s2)CCC3)o1. The van der Waals surface area contributed by atoms with Gasteiger partial charge in [-0.05, 0) is 49.9 Å². The summed E-state index contributed by atoms with van der Waals surface area (Å²) in [6, 6.07) is 6.11. The first kappa shape index (κ1) is 10.1. The largest absolute Gasteiger partial charge is 0.464 e. The standard InChI is InChI=1S/C13H15NOS/c1-8-5-6-10(15-8)13(14)12-7-9-3-2-4-11(9)16-12/h5-7,13H,2-4,14H2,1H3. The lowest BCUT2D eigenvalue weighted by atomic mass is 10.1. The van der Waals surface area contributed by atoms with Crippen molar-refractivity contribution in [2.24, 2.45) is 5.73 Å². The van der Waals surface area contributed by atoms with Crippen LogP contribution in [-0.2, 0) is 12.8 Å². The predicted octanol–water partition coefficient (Wildman–Crippen LogP) is 3.19. The van der Waals surface area contributed by atoms with Crippen LogP contribution in [0.2, 0.25) is 0 Å². The third kappa shape index (κ3) is 1.60. The van der Waals surface area contributed by atoms with Gasteiger partial charge in [-0.3, -0.25) is 0 Å². The molecule has 2 aromatic heterocycles. The average molecular weight is 233 g/mol. The molecule has 84 valence electrons. The van der Waals surface area contributed by atoms with E-state index in [1.165, 1.54) is 34.6 Å². The van der Waals surface area contributed by atoms with Crippen LogP contribution in [0.15, 0.2) is 22.6 Å². The topological polar surface area (TPSA) is 39.2 Å². The zero-order valence-electron chi connectivity index (χ0n) is 9.32. The van der Waals surface area contributed by atoms with Gasteiger partial charge in [-0.2, -0.15) is 0 Å². The molecular weight excluding hydrogens is 218 g/mol. The molecule has 0 saturated heterocycles. The predicted molar refractivity (Wildman–Crippen MR) is 65.8 cm³/mol. The van der Waals surface area contributed by atoms with Crippen LogP contribution in [0.4, 0.5) is 0 Å². The summed E-state index contributed by atoms with van der Waals surface area (Å²) in [4.78, 5) is 2.76. The minimum Gasteiger partial charge on any atom is -0.464 e. The van der Waals surface area contributed by atoms with Crippen molar-refractivity contribution in [2.75, 3.05) is 0 Å². The van der Waals surface area contributed by atoms with Gasteiger partial charge in [0.15, 0.2) is 0 Å². The van der Waals surface area contributed by atoms with Gasteiger partial charge in [-0.15, -0.1) is 11.3 Å². The van der Waals surface area contributed by atoms with E-state index in [4.69, 9.17) is 10.2 Å². The van der Waals surface area contributed by atoms with Crippen LogP contribution in [0.3, 0.4) is 0 Å². The summed E-state index contributed by atoms with van der Waals surface area (Å²) in [6.45, 7) is 1.95. The molecule has 0 bridgehead atoms. The molecular formula is C13H15NOS. The van der Waals surface area contributed by atoms with Crippen LogP contribution >= 0.6 is 11.3 Å². The van der Waals surface area contributed by atoms with Crippen molar-refractivity contribution in [1.82, 2.24) is 0 Å². The van der Waals surface area contributed by atoms with Gasteiger partial charge >= 0.3 is 0 Å². The first-order valence-electron chi connectivity index (χ1n) is 5.67. The third-order valence-electron chi connectivity index (χ3n) is 3.14. The molecule has 2 nitrogen and oxygen atoms in total. The molecule has 1 atom stereocenters. The van der Waals surface area contributed by atoms with E-state index in [2.05, 4.69) is 6.07 Å². The lowest BCUT2D eigenvalue weighted by Crippen LogP contribution is -2.09. The molecule has 0 fully saturated rings. The van der Waals surface area contributed by atoms with E-state index in [-0.39, 0.29) is 6.04 Å². The number of hydrogen-bond donors (Lipinski definition) is 1. The summed E-state index contributed by atoms with van der Waals surface area (Å²) in [6.07, 6.45) is 3.75. The third-order valence-corrected chi connectivity index (χ3v) is 4.46. The summed E-state index contributed by atoms with van der Waals surface area (Å²) in [5.74, 6) is 1.80. The second-order valence-corrected chi connectivity index (χ2v) is 5.55. The molecule has 1 unspecified atom stereocenters. The fourth-order valence-electron chi connectivity index (χ4n) is 2.27. The Morgan fingerprint density at radius 3 is 2.94 bits per heavy atom. The second kappa shape index (κ2) is 3.75. The van der Waals surface area contributed by atoms with Crippen LogP contribution < -0.4 is 5.73 Å². The lowest BCUT2D eigenvalue weighted by molar-refractivity contribution is 0.468. The minimum atomic E-state index is -0.0932. The molecule has 2 N–H and O–H groups in total. The fourth-order valence-corrected chi connectivity index (χ4v) is 3.53. The highest BCUT2D eigenvalue weighted by atomic mass is 32.1. The van der Waals surface area contributed by atoms with Gasteiger partial charge in [-0.1, -0.05) is 0 Å². The average Bonchev–Trinajstić information content (AvgIpc) is 2.89. The lowest BCUT2D eigenvalue weighted by Gasteiger charge is -2.05. The number of fused-ring (bicyclic) bond motifs is 1. The number of aryl methyl sites for hydroxylation is 3. The molecule has 3 heteroatoms. The summed E-state index contributed by atoms with van der Waals surface area (Å²) >= 11 is 1.85. The van der Waals surface area contributed by atoms with Gasteiger partial charge in [0, 0.05) is 9.75 Å². The smallest absolute Gasteiger partial charge is 0.126 e. The molecule has 2 aromatic rings. The molecule has 0 amide bonds. The van der Waals surface area contributed by atoms with Crippen molar-refractivity contribution >= 4 is 11.3 Å². The maximum Gasteiger partial charge on any atom is 0.126 e. The Bertz CT molecular complexity index is 490. The van der Waals surface area contributed by atoms with Crippen molar-refractivity contribution in [3.8, 4) is 0 Å². The fraction of sp³-hybridized carbons (Fsp3) is 0.385. The van der Waals surface area contributed by atoms with Gasteiger partial charge in [0.25, 0.3) is 0 Å². The highest BCUT2D eigenvalue weighted by Gasteiger charge is 2.20. The normalized spacial score (nSPS) is 16.4. The van der Waals surface area contributed by atoms with E-state index in [1.807, 2.05) is 30.4 Å². The van der Waals surface area contributed by atoms with Crippen molar-refractivity contribution < 1.29 is 4.42 Å².